The highest BCUT2D eigenvalue weighted by atomic mass is 32.1. The fraction of sp³-hybridized carbons (Fsp3) is 0.375. The fourth-order valence-electron chi connectivity index (χ4n) is 0.963. The van der Waals surface area contributed by atoms with Crippen LogP contribution < -0.4 is 11.2 Å². The van der Waals surface area contributed by atoms with E-state index < -0.39 is 11.9 Å². The van der Waals surface area contributed by atoms with Gasteiger partial charge in [-0.25, -0.2) is 15.7 Å². The fourth-order valence-corrected chi connectivity index (χ4v) is 1.86. The molecule has 0 bridgehead atoms. The van der Waals surface area contributed by atoms with Crippen molar-refractivity contribution in [2.45, 2.75) is 6.92 Å². The van der Waals surface area contributed by atoms with E-state index in [1.165, 1.54) is 7.11 Å². The minimum Gasteiger partial charge on any atom is -0.465 e. The number of hydrogen-bond acceptors (Lipinski definition) is 7. The molecular formula is C8H11N3O4S. The van der Waals surface area contributed by atoms with E-state index in [1.807, 2.05) is 0 Å². The summed E-state index contributed by atoms with van der Waals surface area (Å²) in [6.07, 6.45) is 0. The van der Waals surface area contributed by atoms with Crippen LogP contribution in [0.2, 0.25) is 0 Å². The summed E-state index contributed by atoms with van der Waals surface area (Å²) in [6.45, 7) is 1.38. The van der Waals surface area contributed by atoms with Gasteiger partial charge in [-0.1, -0.05) is 11.3 Å². The first-order valence-corrected chi connectivity index (χ1v) is 5.07. The normalized spacial score (nSPS) is 9.94. The second-order valence-electron chi connectivity index (χ2n) is 2.78. The highest BCUT2D eigenvalue weighted by molar-refractivity contribution is 7.17. The van der Waals surface area contributed by atoms with Crippen molar-refractivity contribution in [1.82, 2.24) is 4.98 Å². The first kappa shape index (κ1) is 12.6. The lowest BCUT2D eigenvalue weighted by Crippen LogP contribution is -2.20. The molecule has 16 heavy (non-hydrogen) atoms. The number of anilines is 1. The standard InChI is InChI=1S/C8H11N3O4S/c1-4-6(7(13)14-2)16-8(10-4)11-5(12)3-15-9/h3,9H2,1-2H3,(H,10,11,12). The molecule has 0 radical (unpaired) electrons. The van der Waals surface area contributed by atoms with Gasteiger partial charge in [-0.3, -0.25) is 14.9 Å². The summed E-state index contributed by atoms with van der Waals surface area (Å²) in [5, 5.41) is 2.74. The minimum atomic E-state index is -0.481. The molecule has 1 rings (SSSR count). The van der Waals surface area contributed by atoms with Gasteiger partial charge in [-0.2, -0.15) is 0 Å². The zero-order valence-electron chi connectivity index (χ0n) is 8.77. The van der Waals surface area contributed by atoms with Crippen molar-refractivity contribution in [2.24, 2.45) is 5.90 Å². The van der Waals surface area contributed by atoms with Crippen LogP contribution in [-0.2, 0) is 14.4 Å². The Balaban J connectivity index is 2.77. The van der Waals surface area contributed by atoms with Gasteiger partial charge in [-0.15, -0.1) is 0 Å². The maximum atomic E-state index is 11.2. The second-order valence-corrected chi connectivity index (χ2v) is 3.78. The van der Waals surface area contributed by atoms with Gasteiger partial charge in [0, 0.05) is 0 Å². The number of nitrogens with one attached hydrogen (secondary N) is 1. The van der Waals surface area contributed by atoms with Crippen LogP contribution in [0.1, 0.15) is 15.4 Å². The Morgan fingerprint density at radius 2 is 2.25 bits per heavy atom. The molecule has 0 atom stereocenters. The van der Waals surface area contributed by atoms with Crippen LogP contribution in [0.3, 0.4) is 0 Å². The number of amides is 1. The predicted octanol–water partition coefficient (Wildman–Crippen LogP) is 0.0669. The van der Waals surface area contributed by atoms with Crippen LogP contribution in [0.25, 0.3) is 0 Å². The quantitative estimate of drug-likeness (QED) is 0.574. The van der Waals surface area contributed by atoms with Crippen molar-refractivity contribution in [3.8, 4) is 0 Å². The molecule has 8 heteroatoms. The summed E-state index contributed by atoms with van der Waals surface area (Å²) in [6, 6.07) is 0. The van der Waals surface area contributed by atoms with Crippen LogP contribution in [0.15, 0.2) is 0 Å². The SMILES string of the molecule is COC(=O)c1sc(NC(=O)CON)nc1C. The molecule has 0 saturated carbocycles. The number of thiazole rings is 1. The first-order valence-electron chi connectivity index (χ1n) is 4.25. The van der Waals surface area contributed by atoms with Crippen molar-refractivity contribution < 1.29 is 19.2 Å². The number of aromatic nitrogens is 1. The molecule has 0 saturated heterocycles. The van der Waals surface area contributed by atoms with E-state index in [2.05, 4.69) is 19.9 Å². The zero-order chi connectivity index (χ0) is 12.1. The molecule has 0 spiro atoms. The average Bonchev–Trinajstić information content (AvgIpc) is 2.58. The highest BCUT2D eigenvalue weighted by Gasteiger charge is 2.16. The van der Waals surface area contributed by atoms with Crippen LogP contribution in [0.4, 0.5) is 5.13 Å². The third-order valence-corrected chi connectivity index (χ3v) is 2.68. The predicted molar refractivity (Wildman–Crippen MR) is 57.0 cm³/mol. The molecule has 1 amide bonds. The smallest absolute Gasteiger partial charge is 0.350 e. The Kier molecular flexibility index (Phi) is 4.35. The number of rotatable bonds is 4. The molecule has 0 aliphatic carbocycles. The molecule has 1 aromatic rings. The zero-order valence-corrected chi connectivity index (χ0v) is 9.59. The molecule has 0 unspecified atom stereocenters. The first-order chi connectivity index (χ1) is 7.58. The minimum absolute atomic E-state index is 0.272. The summed E-state index contributed by atoms with van der Waals surface area (Å²) in [5.74, 6) is 3.82. The Bertz CT molecular complexity index is 404. The number of esters is 1. The summed E-state index contributed by atoms with van der Waals surface area (Å²) in [5.41, 5.74) is 0.501. The van der Waals surface area contributed by atoms with Crippen LogP contribution in [0, 0.1) is 6.92 Å². The average molecular weight is 245 g/mol. The van der Waals surface area contributed by atoms with E-state index >= 15 is 0 Å². The van der Waals surface area contributed by atoms with Gasteiger partial charge in [0.2, 0.25) is 0 Å². The van der Waals surface area contributed by atoms with Gasteiger partial charge in [0.15, 0.2) is 5.13 Å². The molecular weight excluding hydrogens is 234 g/mol. The monoisotopic (exact) mass is 245 g/mol. The lowest BCUT2D eigenvalue weighted by Gasteiger charge is -1.97. The van der Waals surface area contributed by atoms with E-state index in [9.17, 15) is 9.59 Å². The molecule has 0 aromatic carbocycles. The summed E-state index contributed by atoms with van der Waals surface area (Å²) in [4.78, 5) is 30.9. The molecule has 88 valence electrons. The van der Waals surface area contributed by atoms with Crippen LogP contribution in [-0.4, -0.2) is 30.6 Å². The van der Waals surface area contributed by atoms with E-state index in [1.54, 1.807) is 6.92 Å². The molecule has 3 N–H and O–H groups in total. The number of hydrogen-bond donors (Lipinski definition) is 2. The third-order valence-electron chi connectivity index (χ3n) is 1.63. The summed E-state index contributed by atoms with van der Waals surface area (Å²) >= 11 is 1.03. The largest absolute Gasteiger partial charge is 0.465 e. The van der Waals surface area contributed by atoms with Gasteiger partial charge >= 0.3 is 5.97 Å². The van der Waals surface area contributed by atoms with Crippen molar-refractivity contribution in [1.29, 1.82) is 0 Å². The number of carbonyl (C=O) groups is 2. The van der Waals surface area contributed by atoms with Gasteiger partial charge in [0.1, 0.15) is 11.5 Å². The molecule has 0 aliphatic heterocycles. The Morgan fingerprint density at radius 1 is 1.56 bits per heavy atom. The lowest BCUT2D eigenvalue weighted by molar-refractivity contribution is -0.120. The molecule has 7 nitrogen and oxygen atoms in total. The molecule has 1 heterocycles. The van der Waals surface area contributed by atoms with Crippen molar-refractivity contribution in [2.75, 3.05) is 19.0 Å². The van der Waals surface area contributed by atoms with E-state index in [-0.39, 0.29) is 6.61 Å². The van der Waals surface area contributed by atoms with Crippen molar-refractivity contribution in [3.05, 3.63) is 10.6 Å². The number of carbonyl (C=O) groups excluding carboxylic acids is 2. The van der Waals surface area contributed by atoms with Crippen LogP contribution >= 0.6 is 11.3 Å². The lowest BCUT2D eigenvalue weighted by atomic mass is 10.4. The van der Waals surface area contributed by atoms with Gasteiger partial charge in [-0.05, 0) is 6.92 Å². The van der Waals surface area contributed by atoms with E-state index in [4.69, 9.17) is 5.90 Å². The van der Waals surface area contributed by atoms with Crippen molar-refractivity contribution in [3.63, 3.8) is 0 Å². The number of nitrogens with zero attached hydrogens (tertiary/aromatic N) is 1. The Labute approximate surface area is 95.5 Å². The van der Waals surface area contributed by atoms with Gasteiger partial charge < -0.3 is 4.74 Å². The van der Waals surface area contributed by atoms with Crippen LogP contribution in [0.5, 0.6) is 0 Å². The second kappa shape index (κ2) is 5.54. The summed E-state index contributed by atoms with van der Waals surface area (Å²) in [7, 11) is 1.28. The van der Waals surface area contributed by atoms with Crippen molar-refractivity contribution >= 4 is 28.3 Å². The maximum absolute atomic E-state index is 11.2. The van der Waals surface area contributed by atoms with Gasteiger partial charge in [0.25, 0.3) is 5.91 Å². The molecule has 0 aliphatic rings. The molecule has 0 fully saturated rings. The number of aryl methyl sites for hydroxylation is 1. The third kappa shape index (κ3) is 2.99. The molecule has 1 aromatic heterocycles. The number of nitrogens with two attached hydrogens (primary N) is 1. The number of ether oxygens (including phenoxy) is 1. The summed E-state index contributed by atoms with van der Waals surface area (Å²) < 4.78 is 4.56. The highest BCUT2D eigenvalue weighted by Crippen LogP contribution is 2.22. The van der Waals surface area contributed by atoms with E-state index in [0.717, 1.165) is 11.3 Å². The topological polar surface area (TPSA) is 104 Å². The Hall–Kier alpha value is -1.51. The van der Waals surface area contributed by atoms with Gasteiger partial charge in [0.05, 0.1) is 12.8 Å². The Morgan fingerprint density at radius 3 is 2.81 bits per heavy atom. The number of methoxy groups -OCH3 is 1. The van der Waals surface area contributed by atoms with E-state index in [0.29, 0.717) is 15.7 Å². The maximum Gasteiger partial charge on any atom is 0.350 e.